The lowest BCUT2D eigenvalue weighted by Gasteiger charge is -2.30. The Hall–Kier alpha value is -0.420. The van der Waals surface area contributed by atoms with Gasteiger partial charge in [0.15, 0.2) is 0 Å². The van der Waals surface area contributed by atoms with E-state index in [0.29, 0.717) is 11.9 Å². The van der Waals surface area contributed by atoms with E-state index < -0.39 is 15.6 Å². The number of nitriles is 1. The Bertz CT molecular complexity index is 678. The molecule has 0 bridgehead atoms. The smallest absolute Gasteiger partial charge is 0.206 e. The fourth-order valence-electron chi connectivity index (χ4n) is 1.30. The minimum atomic E-state index is -3.96. The molecule has 0 N–H and O–H groups in total. The molecular formula is C12H11Cl3N2O2S2. The predicted molar refractivity (Wildman–Crippen MR) is 87.3 cm³/mol. The van der Waals surface area contributed by atoms with Gasteiger partial charge in [0.1, 0.15) is 14.4 Å². The van der Waals surface area contributed by atoms with Crippen LogP contribution in [0.5, 0.6) is 0 Å². The highest BCUT2D eigenvalue weighted by molar-refractivity contribution is 8.12. The summed E-state index contributed by atoms with van der Waals surface area (Å²) in [6, 6.07) is 9.63. The molecule has 0 saturated heterocycles. The first kappa shape index (κ1) is 18.6. The van der Waals surface area contributed by atoms with Crippen molar-refractivity contribution in [3.63, 3.8) is 0 Å². The highest BCUT2D eigenvalue weighted by Gasteiger charge is 2.39. The van der Waals surface area contributed by atoms with Gasteiger partial charge in [-0.2, -0.15) is 5.26 Å². The second-order valence-electron chi connectivity index (χ2n) is 4.34. The van der Waals surface area contributed by atoms with Gasteiger partial charge in [0.2, 0.25) is 0 Å². The SMILES string of the molecule is CC(C)(C#N)N(SC(Cl)=C(Cl)Cl)S(=O)(=O)c1ccccc1. The van der Waals surface area contributed by atoms with Crippen molar-refractivity contribution in [1.29, 1.82) is 5.26 Å². The molecule has 1 aromatic rings. The molecule has 0 radical (unpaired) electrons. The molecule has 0 heterocycles. The average molecular weight is 386 g/mol. The minimum absolute atomic E-state index is 0.0380. The van der Waals surface area contributed by atoms with Crippen LogP contribution in [0.1, 0.15) is 13.8 Å². The average Bonchev–Trinajstić information content (AvgIpc) is 2.44. The lowest BCUT2D eigenvalue weighted by molar-refractivity contribution is 0.431. The van der Waals surface area contributed by atoms with Crippen molar-refractivity contribution in [2.24, 2.45) is 0 Å². The van der Waals surface area contributed by atoms with Crippen molar-refractivity contribution in [2.45, 2.75) is 24.3 Å². The normalized spacial score (nSPS) is 12.0. The number of rotatable bonds is 5. The molecule has 0 aliphatic rings. The van der Waals surface area contributed by atoms with Gasteiger partial charge >= 0.3 is 0 Å². The van der Waals surface area contributed by atoms with Crippen LogP contribution in [0.3, 0.4) is 0 Å². The van der Waals surface area contributed by atoms with E-state index in [0.717, 1.165) is 3.71 Å². The van der Waals surface area contributed by atoms with Gasteiger partial charge in [-0.1, -0.05) is 53.0 Å². The van der Waals surface area contributed by atoms with Crippen molar-refractivity contribution in [3.8, 4) is 6.07 Å². The zero-order valence-corrected chi connectivity index (χ0v) is 14.9. The first-order valence-electron chi connectivity index (χ1n) is 5.53. The maximum absolute atomic E-state index is 12.7. The third-order valence-corrected chi connectivity index (χ3v) is 7.05. The monoisotopic (exact) mass is 384 g/mol. The van der Waals surface area contributed by atoms with Gasteiger partial charge in [0, 0.05) is 0 Å². The van der Waals surface area contributed by atoms with E-state index in [4.69, 9.17) is 34.8 Å². The van der Waals surface area contributed by atoms with Crippen molar-refractivity contribution >= 4 is 56.8 Å². The lowest BCUT2D eigenvalue weighted by Crippen LogP contribution is -2.41. The number of hydrogen-bond donors (Lipinski definition) is 0. The van der Waals surface area contributed by atoms with E-state index in [1.54, 1.807) is 18.2 Å². The van der Waals surface area contributed by atoms with E-state index >= 15 is 0 Å². The molecule has 1 rings (SSSR count). The molecular weight excluding hydrogens is 375 g/mol. The Morgan fingerprint density at radius 3 is 2.19 bits per heavy atom. The lowest BCUT2D eigenvalue weighted by atomic mass is 10.1. The van der Waals surface area contributed by atoms with Crippen LogP contribution in [0.15, 0.2) is 44.1 Å². The van der Waals surface area contributed by atoms with E-state index in [1.807, 2.05) is 6.07 Å². The van der Waals surface area contributed by atoms with Gasteiger partial charge in [-0.3, -0.25) is 0 Å². The molecule has 0 saturated carbocycles. The summed E-state index contributed by atoms with van der Waals surface area (Å²) in [5.41, 5.74) is -1.36. The third-order valence-electron chi connectivity index (χ3n) is 2.30. The fraction of sp³-hybridized carbons (Fsp3) is 0.250. The highest BCUT2D eigenvalue weighted by Crippen LogP contribution is 2.39. The largest absolute Gasteiger partial charge is 0.254 e. The van der Waals surface area contributed by atoms with Crippen LogP contribution in [0, 0.1) is 11.3 Å². The van der Waals surface area contributed by atoms with Gasteiger partial charge in [0.25, 0.3) is 10.0 Å². The Labute approximate surface area is 143 Å². The van der Waals surface area contributed by atoms with E-state index in [1.165, 1.54) is 26.0 Å². The summed E-state index contributed by atoms with van der Waals surface area (Å²) in [7, 11) is -3.96. The highest BCUT2D eigenvalue weighted by atomic mass is 35.5. The predicted octanol–water partition coefficient (Wildman–Crippen LogP) is 4.47. The van der Waals surface area contributed by atoms with Gasteiger partial charge in [-0.05, 0) is 37.9 Å². The van der Waals surface area contributed by atoms with Crippen LogP contribution in [0.4, 0.5) is 0 Å². The first-order chi connectivity index (χ1) is 9.63. The topological polar surface area (TPSA) is 61.2 Å². The molecule has 21 heavy (non-hydrogen) atoms. The molecule has 9 heteroatoms. The number of benzene rings is 1. The van der Waals surface area contributed by atoms with Crippen molar-refractivity contribution in [1.82, 2.24) is 3.71 Å². The molecule has 1 aromatic carbocycles. The number of nitrogens with zero attached hydrogens (tertiary/aromatic N) is 2. The zero-order valence-electron chi connectivity index (χ0n) is 11.0. The van der Waals surface area contributed by atoms with Crippen LogP contribution in [-0.2, 0) is 10.0 Å². The van der Waals surface area contributed by atoms with Crippen LogP contribution in [0.25, 0.3) is 0 Å². The van der Waals surface area contributed by atoms with Crippen LogP contribution < -0.4 is 0 Å². The van der Waals surface area contributed by atoms with Crippen molar-refractivity contribution in [2.75, 3.05) is 0 Å². The summed E-state index contributed by atoms with van der Waals surface area (Å²) in [5.74, 6) is 0. The van der Waals surface area contributed by atoms with Crippen LogP contribution in [0.2, 0.25) is 0 Å². The molecule has 0 aromatic heterocycles. The maximum atomic E-state index is 12.7. The molecule has 4 nitrogen and oxygen atoms in total. The number of sulfonamides is 1. The molecule has 0 spiro atoms. The summed E-state index contributed by atoms with van der Waals surface area (Å²) in [5, 5.41) is 9.23. The first-order valence-corrected chi connectivity index (χ1v) is 8.88. The molecule has 0 amide bonds. The Morgan fingerprint density at radius 2 is 1.76 bits per heavy atom. The van der Waals surface area contributed by atoms with Gasteiger partial charge in [-0.25, -0.2) is 8.42 Å². The summed E-state index contributed by atoms with van der Waals surface area (Å²) in [6.45, 7) is 2.90. The molecule has 0 fully saturated rings. The summed E-state index contributed by atoms with van der Waals surface area (Å²) < 4.78 is 25.8. The Kier molecular flexibility index (Phi) is 6.41. The maximum Gasteiger partial charge on any atom is 0.254 e. The standard InChI is InChI=1S/C12H11Cl3N2O2S2/c1-12(2,8-16)17(20-11(15)10(13)14)21(18,19)9-6-4-3-5-7-9/h3-7H,1-2H3. The number of halogens is 3. The van der Waals surface area contributed by atoms with Crippen molar-refractivity contribution in [3.05, 3.63) is 39.2 Å². The molecule has 0 aliphatic heterocycles. The van der Waals surface area contributed by atoms with E-state index in [9.17, 15) is 13.7 Å². The Morgan fingerprint density at radius 1 is 1.24 bits per heavy atom. The van der Waals surface area contributed by atoms with E-state index in [2.05, 4.69) is 0 Å². The van der Waals surface area contributed by atoms with Gasteiger partial charge in [0.05, 0.1) is 11.0 Å². The van der Waals surface area contributed by atoms with Gasteiger partial charge in [-0.15, -0.1) is 3.71 Å². The summed E-state index contributed by atoms with van der Waals surface area (Å²) in [6.07, 6.45) is 0. The molecule has 0 atom stereocenters. The second-order valence-corrected chi connectivity index (χ2v) is 8.87. The zero-order chi connectivity index (χ0) is 16.3. The second kappa shape index (κ2) is 7.23. The third kappa shape index (κ3) is 4.52. The quantitative estimate of drug-likeness (QED) is 0.701. The minimum Gasteiger partial charge on any atom is -0.206 e. The van der Waals surface area contributed by atoms with Crippen LogP contribution >= 0.6 is 46.8 Å². The molecule has 0 unspecified atom stereocenters. The molecule has 0 aliphatic carbocycles. The summed E-state index contributed by atoms with van der Waals surface area (Å²) in [4.78, 5) is 0.0380. The van der Waals surface area contributed by atoms with Crippen molar-refractivity contribution < 1.29 is 8.42 Å². The number of hydrogen-bond acceptors (Lipinski definition) is 4. The Balaban J connectivity index is 3.39. The fourth-order valence-corrected chi connectivity index (χ4v) is 4.53. The summed E-state index contributed by atoms with van der Waals surface area (Å²) >= 11 is 17.5. The van der Waals surface area contributed by atoms with Gasteiger partial charge < -0.3 is 0 Å². The van der Waals surface area contributed by atoms with Crippen LogP contribution in [-0.4, -0.2) is 17.7 Å². The van der Waals surface area contributed by atoms with E-state index in [-0.39, 0.29) is 13.8 Å². The molecule has 114 valence electrons.